The van der Waals surface area contributed by atoms with E-state index < -0.39 is 0 Å². The first-order valence-electron chi connectivity index (χ1n) is 7.04. The molecular formula is C14H23N3OS. The molecule has 1 fully saturated rings. The lowest BCUT2D eigenvalue weighted by atomic mass is 9.92. The number of amides is 1. The lowest BCUT2D eigenvalue weighted by Crippen LogP contribution is -2.49. The summed E-state index contributed by atoms with van der Waals surface area (Å²) >= 11 is 1.53. The Hall–Kier alpha value is -0.940. The van der Waals surface area contributed by atoms with Gasteiger partial charge in [-0.05, 0) is 32.1 Å². The first-order chi connectivity index (χ1) is 9.06. The van der Waals surface area contributed by atoms with Crippen molar-refractivity contribution in [2.75, 3.05) is 13.1 Å². The monoisotopic (exact) mass is 281 g/mol. The van der Waals surface area contributed by atoms with Crippen molar-refractivity contribution in [1.29, 1.82) is 0 Å². The van der Waals surface area contributed by atoms with Crippen LogP contribution in [0.2, 0.25) is 0 Å². The third kappa shape index (κ3) is 2.98. The summed E-state index contributed by atoms with van der Waals surface area (Å²) in [6, 6.07) is 0.183. The smallest absolute Gasteiger partial charge is 0.266 e. The molecule has 2 atom stereocenters. The zero-order valence-corrected chi connectivity index (χ0v) is 12.8. The summed E-state index contributed by atoms with van der Waals surface area (Å²) in [5, 5.41) is 1.04. The fraction of sp³-hybridized carbons (Fsp3) is 0.714. The van der Waals surface area contributed by atoms with Crippen LogP contribution >= 0.6 is 11.3 Å². The summed E-state index contributed by atoms with van der Waals surface area (Å²) in [7, 11) is 0. The molecule has 0 saturated carbocycles. The fourth-order valence-corrected chi connectivity index (χ4v) is 3.64. The van der Waals surface area contributed by atoms with Gasteiger partial charge in [-0.3, -0.25) is 4.79 Å². The molecule has 2 unspecified atom stereocenters. The molecule has 1 amide bonds. The second-order valence-corrected chi connectivity index (χ2v) is 6.48. The summed E-state index contributed by atoms with van der Waals surface area (Å²) in [6.07, 6.45) is 2.97. The number of thiazole rings is 1. The summed E-state index contributed by atoms with van der Waals surface area (Å²) in [4.78, 5) is 19.9. The van der Waals surface area contributed by atoms with Gasteiger partial charge in [0.15, 0.2) is 0 Å². The maximum Gasteiger partial charge on any atom is 0.266 e. The molecule has 1 aliphatic rings. The number of nitrogens with zero attached hydrogens (tertiary/aromatic N) is 2. The Morgan fingerprint density at radius 1 is 1.58 bits per heavy atom. The van der Waals surface area contributed by atoms with E-state index in [1.807, 2.05) is 11.8 Å². The van der Waals surface area contributed by atoms with E-state index in [0.717, 1.165) is 41.4 Å². The summed E-state index contributed by atoms with van der Waals surface area (Å²) in [5.74, 6) is 0.781. The van der Waals surface area contributed by atoms with Gasteiger partial charge < -0.3 is 10.6 Å². The highest BCUT2D eigenvalue weighted by Gasteiger charge is 2.31. The van der Waals surface area contributed by atoms with Gasteiger partial charge >= 0.3 is 0 Å². The molecule has 0 bridgehead atoms. The van der Waals surface area contributed by atoms with Crippen LogP contribution in [0.5, 0.6) is 0 Å². The second-order valence-electron chi connectivity index (χ2n) is 5.39. The van der Waals surface area contributed by atoms with Gasteiger partial charge in [-0.25, -0.2) is 4.98 Å². The van der Waals surface area contributed by atoms with E-state index in [1.165, 1.54) is 11.3 Å². The number of likely N-dealkylation sites (tertiary alicyclic amines) is 1. The van der Waals surface area contributed by atoms with E-state index in [1.54, 1.807) is 0 Å². The minimum Gasteiger partial charge on any atom is -0.334 e. The standard InChI is InChI=1S/C14H23N3OS/c1-4-12-16-10(3)13(19-12)14(18)17-6-5-9(2)7-11(17)8-15/h9,11H,4-8,15H2,1-3H3. The Balaban J connectivity index is 2.20. The third-order valence-corrected chi connectivity index (χ3v) is 5.14. The van der Waals surface area contributed by atoms with E-state index in [4.69, 9.17) is 5.73 Å². The quantitative estimate of drug-likeness (QED) is 0.924. The van der Waals surface area contributed by atoms with Crippen LogP contribution in [-0.2, 0) is 6.42 Å². The largest absolute Gasteiger partial charge is 0.334 e. The molecular weight excluding hydrogens is 258 g/mol. The molecule has 0 aliphatic carbocycles. The molecule has 1 aromatic heterocycles. The fourth-order valence-electron chi connectivity index (χ4n) is 2.67. The van der Waals surface area contributed by atoms with Crippen molar-refractivity contribution in [2.24, 2.45) is 11.7 Å². The maximum absolute atomic E-state index is 12.7. The van der Waals surface area contributed by atoms with Gasteiger partial charge in [0.1, 0.15) is 4.88 Å². The van der Waals surface area contributed by atoms with E-state index in [0.29, 0.717) is 12.5 Å². The number of carbonyl (C=O) groups excluding carboxylic acids is 1. The number of carbonyl (C=O) groups is 1. The van der Waals surface area contributed by atoms with Gasteiger partial charge in [0.2, 0.25) is 0 Å². The molecule has 0 spiro atoms. The molecule has 2 heterocycles. The lowest BCUT2D eigenvalue weighted by Gasteiger charge is -2.37. The van der Waals surface area contributed by atoms with Gasteiger partial charge in [-0.2, -0.15) is 0 Å². The number of nitrogens with two attached hydrogens (primary N) is 1. The van der Waals surface area contributed by atoms with Crippen LogP contribution in [0.15, 0.2) is 0 Å². The van der Waals surface area contributed by atoms with Gasteiger partial charge in [-0.1, -0.05) is 13.8 Å². The Labute approximate surface area is 119 Å². The topological polar surface area (TPSA) is 59.2 Å². The minimum atomic E-state index is 0.122. The van der Waals surface area contributed by atoms with Crippen molar-refractivity contribution in [3.63, 3.8) is 0 Å². The van der Waals surface area contributed by atoms with Crippen LogP contribution in [0.1, 0.15) is 47.1 Å². The highest BCUT2D eigenvalue weighted by molar-refractivity contribution is 7.13. The first kappa shape index (κ1) is 14.5. The zero-order chi connectivity index (χ0) is 14.0. The minimum absolute atomic E-state index is 0.122. The number of hydrogen-bond acceptors (Lipinski definition) is 4. The highest BCUT2D eigenvalue weighted by atomic mass is 32.1. The molecule has 5 heteroatoms. The van der Waals surface area contributed by atoms with Crippen molar-refractivity contribution in [3.05, 3.63) is 15.6 Å². The Morgan fingerprint density at radius 3 is 2.89 bits per heavy atom. The summed E-state index contributed by atoms with van der Waals surface area (Å²) in [6.45, 7) is 7.59. The molecule has 2 N–H and O–H groups in total. The molecule has 0 radical (unpaired) electrons. The Bertz CT molecular complexity index is 458. The average molecular weight is 281 g/mol. The highest BCUT2D eigenvalue weighted by Crippen LogP contribution is 2.27. The van der Waals surface area contributed by atoms with Crippen molar-refractivity contribution < 1.29 is 4.79 Å². The lowest BCUT2D eigenvalue weighted by molar-refractivity contribution is 0.0577. The SMILES string of the molecule is CCc1nc(C)c(C(=O)N2CCC(C)CC2CN)s1. The van der Waals surface area contributed by atoms with Crippen LogP contribution in [0.25, 0.3) is 0 Å². The first-order valence-corrected chi connectivity index (χ1v) is 7.85. The predicted molar refractivity (Wildman–Crippen MR) is 78.5 cm³/mol. The average Bonchev–Trinajstić information content (AvgIpc) is 2.79. The van der Waals surface area contributed by atoms with Crippen molar-refractivity contribution in [1.82, 2.24) is 9.88 Å². The van der Waals surface area contributed by atoms with Crippen LogP contribution in [-0.4, -0.2) is 34.9 Å². The summed E-state index contributed by atoms with van der Waals surface area (Å²) < 4.78 is 0. The predicted octanol–water partition coefficient (Wildman–Crippen LogP) is 2.21. The van der Waals surface area contributed by atoms with Crippen LogP contribution in [0, 0.1) is 12.8 Å². The van der Waals surface area contributed by atoms with Crippen molar-refractivity contribution >= 4 is 17.2 Å². The third-order valence-electron chi connectivity index (χ3n) is 3.85. The Kier molecular flexibility index (Phi) is 4.58. The zero-order valence-electron chi connectivity index (χ0n) is 12.0. The Morgan fingerprint density at radius 2 is 2.32 bits per heavy atom. The van der Waals surface area contributed by atoms with Crippen LogP contribution in [0.3, 0.4) is 0 Å². The van der Waals surface area contributed by atoms with Crippen molar-refractivity contribution in [3.8, 4) is 0 Å². The number of piperidine rings is 1. The summed E-state index contributed by atoms with van der Waals surface area (Å²) in [5.41, 5.74) is 6.70. The van der Waals surface area contributed by atoms with Gasteiger partial charge in [0.25, 0.3) is 5.91 Å². The van der Waals surface area contributed by atoms with Gasteiger partial charge in [0.05, 0.1) is 10.7 Å². The molecule has 1 saturated heterocycles. The van der Waals surface area contributed by atoms with Crippen LogP contribution in [0.4, 0.5) is 0 Å². The molecule has 0 aromatic carbocycles. The van der Waals surface area contributed by atoms with Crippen LogP contribution < -0.4 is 5.73 Å². The number of aromatic nitrogens is 1. The molecule has 1 aromatic rings. The maximum atomic E-state index is 12.7. The van der Waals surface area contributed by atoms with E-state index >= 15 is 0 Å². The van der Waals surface area contributed by atoms with Crippen molar-refractivity contribution in [2.45, 2.75) is 46.1 Å². The molecule has 19 heavy (non-hydrogen) atoms. The number of hydrogen-bond donors (Lipinski definition) is 1. The molecule has 4 nitrogen and oxygen atoms in total. The molecule has 1 aliphatic heterocycles. The van der Waals surface area contributed by atoms with E-state index in [-0.39, 0.29) is 11.9 Å². The number of aryl methyl sites for hydroxylation is 2. The van der Waals surface area contributed by atoms with E-state index in [9.17, 15) is 4.79 Å². The molecule has 2 rings (SSSR count). The van der Waals surface area contributed by atoms with Gasteiger partial charge in [0, 0.05) is 19.1 Å². The second kappa shape index (κ2) is 6.01. The van der Waals surface area contributed by atoms with E-state index in [2.05, 4.69) is 18.8 Å². The molecule has 106 valence electrons. The van der Waals surface area contributed by atoms with Gasteiger partial charge in [-0.15, -0.1) is 11.3 Å². The normalized spacial score (nSPS) is 23.7. The number of rotatable bonds is 3.